The molecule has 0 aliphatic carbocycles. The van der Waals surface area contributed by atoms with Crippen molar-refractivity contribution in [2.75, 3.05) is 19.6 Å². The number of likely N-dealkylation sites (tertiary alicyclic amines) is 1. The van der Waals surface area contributed by atoms with Crippen LogP contribution >= 0.6 is 0 Å². The van der Waals surface area contributed by atoms with E-state index in [1.54, 1.807) is 0 Å². The van der Waals surface area contributed by atoms with Gasteiger partial charge in [0.15, 0.2) is 6.10 Å². The monoisotopic (exact) mass is 290 g/mol. The average Bonchev–Trinajstić information content (AvgIpc) is 2.50. The topological polar surface area (TPSA) is 55.6 Å². The molecule has 116 valence electrons. The van der Waals surface area contributed by atoms with Crippen molar-refractivity contribution in [3.05, 3.63) is 29.3 Å². The molecular formula is C17H26N2O2. The number of rotatable bonds is 5. The minimum atomic E-state index is -0.442. The predicted octanol–water partition coefficient (Wildman–Crippen LogP) is 2.28. The number of aryl methyl sites for hydroxylation is 1. The van der Waals surface area contributed by atoms with Gasteiger partial charge in [0.2, 0.25) is 0 Å². The molecule has 2 N–H and O–H groups in total. The van der Waals surface area contributed by atoms with E-state index in [2.05, 4.69) is 6.07 Å². The maximum Gasteiger partial charge on any atom is 0.263 e. The van der Waals surface area contributed by atoms with Crippen molar-refractivity contribution in [3.8, 4) is 5.75 Å². The van der Waals surface area contributed by atoms with Crippen molar-refractivity contribution < 1.29 is 9.53 Å². The molecule has 1 unspecified atom stereocenters. The lowest BCUT2D eigenvalue weighted by Gasteiger charge is -2.29. The SMILES string of the molecule is Cc1ccc(OC(C)C(=O)N2CCCCC2)c(CCN)c1. The number of ether oxygens (including phenoxy) is 1. The molecule has 0 spiro atoms. The zero-order chi connectivity index (χ0) is 15.2. The Morgan fingerprint density at radius 1 is 1.33 bits per heavy atom. The Kier molecular flexibility index (Phi) is 5.62. The number of carbonyl (C=O) groups is 1. The van der Waals surface area contributed by atoms with Gasteiger partial charge in [-0.25, -0.2) is 0 Å². The van der Waals surface area contributed by atoms with Gasteiger partial charge in [-0.3, -0.25) is 4.79 Å². The van der Waals surface area contributed by atoms with Crippen LogP contribution in [0.5, 0.6) is 5.75 Å². The van der Waals surface area contributed by atoms with Crippen LogP contribution in [0.2, 0.25) is 0 Å². The molecule has 2 rings (SSSR count). The second kappa shape index (κ2) is 7.46. The fourth-order valence-electron chi connectivity index (χ4n) is 2.79. The Bertz CT molecular complexity index is 482. The van der Waals surface area contributed by atoms with Gasteiger partial charge in [-0.15, -0.1) is 0 Å². The van der Waals surface area contributed by atoms with E-state index in [4.69, 9.17) is 10.5 Å². The van der Waals surface area contributed by atoms with Gasteiger partial charge in [-0.2, -0.15) is 0 Å². The third kappa shape index (κ3) is 4.21. The summed E-state index contributed by atoms with van der Waals surface area (Å²) in [4.78, 5) is 14.3. The molecule has 0 aromatic heterocycles. The molecule has 1 fully saturated rings. The minimum absolute atomic E-state index is 0.0916. The molecule has 21 heavy (non-hydrogen) atoms. The van der Waals surface area contributed by atoms with Gasteiger partial charge in [0.25, 0.3) is 5.91 Å². The summed E-state index contributed by atoms with van der Waals surface area (Å²) in [5.74, 6) is 0.873. The van der Waals surface area contributed by atoms with Crippen molar-refractivity contribution in [1.82, 2.24) is 4.90 Å². The first kappa shape index (κ1) is 15.8. The van der Waals surface area contributed by atoms with Crippen LogP contribution < -0.4 is 10.5 Å². The molecule has 1 aromatic carbocycles. The largest absolute Gasteiger partial charge is 0.481 e. The highest BCUT2D eigenvalue weighted by atomic mass is 16.5. The van der Waals surface area contributed by atoms with Crippen LogP contribution in [0.25, 0.3) is 0 Å². The van der Waals surface area contributed by atoms with Crippen LogP contribution in [0.1, 0.15) is 37.3 Å². The van der Waals surface area contributed by atoms with Gasteiger partial charge in [0.05, 0.1) is 0 Å². The van der Waals surface area contributed by atoms with Gasteiger partial charge in [-0.05, 0) is 57.7 Å². The summed E-state index contributed by atoms with van der Waals surface area (Å²) in [7, 11) is 0. The number of piperidine rings is 1. The van der Waals surface area contributed by atoms with Crippen molar-refractivity contribution in [3.63, 3.8) is 0 Å². The van der Waals surface area contributed by atoms with Gasteiger partial charge in [-0.1, -0.05) is 17.7 Å². The average molecular weight is 290 g/mol. The highest BCUT2D eigenvalue weighted by Crippen LogP contribution is 2.22. The van der Waals surface area contributed by atoms with E-state index in [-0.39, 0.29) is 5.91 Å². The smallest absolute Gasteiger partial charge is 0.263 e. The third-order valence-corrected chi connectivity index (χ3v) is 3.95. The zero-order valence-corrected chi connectivity index (χ0v) is 13.1. The predicted molar refractivity (Wildman–Crippen MR) is 84.5 cm³/mol. The van der Waals surface area contributed by atoms with Gasteiger partial charge >= 0.3 is 0 Å². The zero-order valence-electron chi connectivity index (χ0n) is 13.1. The Morgan fingerprint density at radius 2 is 2.05 bits per heavy atom. The quantitative estimate of drug-likeness (QED) is 0.905. The lowest BCUT2D eigenvalue weighted by molar-refractivity contribution is -0.138. The van der Waals surface area contributed by atoms with E-state index in [0.717, 1.165) is 43.7 Å². The molecule has 1 amide bonds. The van der Waals surface area contributed by atoms with Gasteiger partial charge in [0.1, 0.15) is 5.75 Å². The first-order valence-electron chi connectivity index (χ1n) is 7.87. The van der Waals surface area contributed by atoms with Crippen molar-refractivity contribution >= 4 is 5.91 Å². The molecule has 1 saturated heterocycles. The molecule has 0 saturated carbocycles. The Labute approximate surface area is 127 Å². The van der Waals surface area contributed by atoms with Crippen LogP contribution in [-0.4, -0.2) is 36.5 Å². The molecule has 1 aliphatic heterocycles. The molecule has 4 nitrogen and oxygen atoms in total. The molecule has 1 aromatic rings. The number of nitrogens with zero attached hydrogens (tertiary/aromatic N) is 1. The summed E-state index contributed by atoms with van der Waals surface area (Å²) < 4.78 is 5.92. The Hall–Kier alpha value is -1.55. The number of benzene rings is 1. The van der Waals surface area contributed by atoms with E-state index in [9.17, 15) is 4.79 Å². The minimum Gasteiger partial charge on any atom is -0.481 e. The van der Waals surface area contributed by atoms with E-state index in [0.29, 0.717) is 6.54 Å². The van der Waals surface area contributed by atoms with Crippen LogP contribution in [0.15, 0.2) is 18.2 Å². The third-order valence-electron chi connectivity index (χ3n) is 3.95. The van der Waals surface area contributed by atoms with Crippen molar-refractivity contribution in [2.45, 2.75) is 45.6 Å². The van der Waals surface area contributed by atoms with Crippen LogP contribution in [0, 0.1) is 6.92 Å². The van der Waals surface area contributed by atoms with Crippen LogP contribution in [0.4, 0.5) is 0 Å². The molecule has 0 radical (unpaired) electrons. The van der Waals surface area contributed by atoms with E-state index in [1.807, 2.05) is 30.9 Å². The number of nitrogens with two attached hydrogens (primary N) is 1. The normalized spacial score (nSPS) is 16.6. The number of hydrogen-bond donors (Lipinski definition) is 1. The van der Waals surface area contributed by atoms with Gasteiger partial charge < -0.3 is 15.4 Å². The second-order valence-electron chi connectivity index (χ2n) is 5.80. The molecule has 1 heterocycles. The standard InChI is InChI=1S/C17H26N2O2/c1-13-6-7-16(15(12-13)8-9-18)21-14(2)17(20)19-10-4-3-5-11-19/h6-7,12,14H,3-5,8-11,18H2,1-2H3. The fraction of sp³-hybridized carbons (Fsp3) is 0.588. The molecule has 1 aliphatic rings. The molecule has 4 heteroatoms. The van der Waals surface area contributed by atoms with E-state index >= 15 is 0 Å². The Morgan fingerprint density at radius 3 is 2.71 bits per heavy atom. The highest BCUT2D eigenvalue weighted by molar-refractivity contribution is 5.81. The van der Waals surface area contributed by atoms with Gasteiger partial charge in [0, 0.05) is 13.1 Å². The summed E-state index contributed by atoms with van der Waals surface area (Å²) in [5, 5.41) is 0. The molecule has 1 atom stereocenters. The second-order valence-corrected chi connectivity index (χ2v) is 5.80. The Balaban J connectivity index is 2.04. The number of hydrogen-bond acceptors (Lipinski definition) is 3. The maximum absolute atomic E-state index is 12.4. The van der Waals surface area contributed by atoms with E-state index in [1.165, 1.54) is 12.0 Å². The highest BCUT2D eigenvalue weighted by Gasteiger charge is 2.24. The van der Waals surface area contributed by atoms with E-state index < -0.39 is 6.10 Å². The first-order chi connectivity index (χ1) is 10.1. The molecule has 0 bridgehead atoms. The van der Waals surface area contributed by atoms with Crippen molar-refractivity contribution in [1.29, 1.82) is 0 Å². The lowest BCUT2D eigenvalue weighted by atomic mass is 10.1. The number of amides is 1. The molecular weight excluding hydrogens is 264 g/mol. The van der Waals surface area contributed by atoms with Crippen LogP contribution in [0.3, 0.4) is 0 Å². The summed E-state index contributed by atoms with van der Waals surface area (Å²) in [6, 6.07) is 6.04. The summed E-state index contributed by atoms with van der Waals surface area (Å²) in [6.45, 7) is 6.18. The van der Waals surface area contributed by atoms with Crippen molar-refractivity contribution in [2.24, 2.45) is 5.73 Å². The maximum atomic E-state index is 12.4. The first-order valence-corrected chi connectivity index (χ1v) is 7.87. The fourth-order valence-corrected chi connectivity index (χ4v) is 2.79. The summed E-state index contributed by atoms with van der Waals surface area (Å²) >= 11 is 0. The van der Waals surface area contributed by atoms with Crippen LogP contribution in [-0.2, 0) is 11.2 Å². The number of carbonyl (C=O) groups excluding carboxylic acids is 1. The summed E-state index contributed by atoms with van der Waals surface area (Å²) in [6.07, 6.45) is 3.74. The lowest BCUT2D eigenvalue weighted by Crippen LogP contribution is -2.43. The summed E-state index contributed by atoms with van der Waals surface area (Å²) in [5.41, 5.74) is 7.92.